The van der Waals surface area contributed by atoms with E-state index in [1.54, 1.807) is 0 Å². The van der Waals surface area contributed by atoms with E-state index in [-0.39, 0.29) is 5.91 Å². The predicted octanol–water partition coefficient (Wildman–Crippen LogP) is 4.63. The van der Waals surface area contributed by atoms with Crippen LogP contribution in [-0.4, -0.2) is 28.5 Å². The molecule has 0 aromatic carbocycles. The highest BCUT2D eigenvalue weighted by molar-refractivity contribution is 9.10. The summed E-state index contributed by atoms with van der Waals surface area (Å²) in [5.74, 6) is 1.06. The molecule has 1 aromatic heterocycles. The molecule has 0 unspecified atom stereocenters. The first-order valence-electron chi connectivity index (χ1n) is 8.24. The van der Waals surface area contributed by atoms with Gasteiger partial charge in [-0.3, -0.25) is 4.79 Å². The van der Waals surface area contributed by atoms with Gasteiger partial charge in [-0.15, -0.1) is 0 Å². The summed E-state index contributed by atoms with van der Waals surface area (Å²) in [5.41, 5.74) is 0.851. The number of aromatic nitrogens is 1. The Balaban J connectivity index is 1.70. The molecule has 2 fully saturated rings. The third-order valence-electron chi connectivity index (χ3n) is 5.24. The maximum Gasteiger partial charge on any atom is 0.270 e. The molecule has 0 N–H and O–H groups in total. The van der Waals surface area contributed by atoms with Gasteiger partial charge in [0, 0.05) is 29.8 Å². The van der Waals surface area contributed by atoms with Crippen LogP contribution in [0.2, 0.25) is 0 Å². The second-order valence-electron chi connectivity index (χ2n) is 6.68. The van der Waals surface area contributed by atoms with E-state index < -0.39 is 0 Å². The Morgan fingerprint density at radius 3 is 2.52 bits per heavy atom. The minimum Gasteiger partial charge on any atom is -0.339 e. The Morgan fingerprint density at radius 1 is 1.29 bits per heavy atom. The van der Waals surface area contributed by atoms with Gasteiger partial charge in [-0.1, -0.05) is 13.3 Å². The molecule has 1 aromatic rings. The summed E-state index contributed by atoms with van der Waals surface area (Å²) in [6, 6.07) is 2.94. The number of hydrogen-bond donors (Lipinski definition) is 0. The first-order valence-corrected chi connectivity index (χ1v) is 9.04. The normalized spacial score (nSPS) is 25.9. The first kappa shape index (κ1) is 15.1. The molecule has 0 radical (unpaired) electrons. The molecule has 4 heteroatoms. The number of hydrogen-bond acceptors (Lipinski definition) is 1. The summed E-state index contributed by atoms with van der Waals surface area (Å²) < 4.78 is 3.18. The van der Waals surface area contributed by atoms with Crippen LogP contribution in [0.3, 0.4) is 0 Å². The number of nitrogens with zero attached hydrogens (tertiary/aromatic N) is 2. The number of rotatable bonds is 4. The van der Waals surface area contributed by atoms with Gasteiger partial charge in [0.15, 0.2) is 0 Å². The average Bonchev–Trinajstić information content (AvgIpc) is 3.28. The lowest BCUT2D eigenvalue weighted by Crippen LogP contribution is -2.40. The molecule has 1 amide bonds. The van der Waals surface area contributed by atoms with E-state index in [0.29, 0.717) is 12.1 Å². The summed E-state index contributed by atoms with van der Waals surface area (Å²) in [4.78, 5) is 14.8. The van der Waals surface area contributed by atoms with Crippen LogP contribution in [0.5, 0.6) is 0 Å². The monoisotopic (exact) mass is 352 g/mol. The van der Waals surface area contributed by atoms with Crippen molar-refractivity contribution in [1.29, 1.82) is 0 Å². The zero-order valence-electron chi connectivity index (χ0n) is 13.0. The Labute approximate surface area is 135 Å². The summed E-state index contributed by atoms with van der Waals surface area (Å²) in [7, 11) is 1.98. The number of carbonyl (C=O) groups excluding carboxylic acids is 1. The molecular weight excluding hydrogens is 328 g/mol. The largest absolute Gasteiger partial charge is 0.339 e. The molecule has 0 saturated heterocycles. The fourth-order valence-electron chi connectivity index (χ4n) is 3.56. The van der Waals surface area contributed by atoms with Gasteiger partial charge in [0.25, 0.3) is 5.91 Å². The standard InChI is InChI=1S/C17H25BrN2O/c1-3-12-4-6-14(7-5-12)19(2)17(21)16-10-13(18)11-20(16)15-8-9-15/h10-12,14-15H,3-9H2,1-2H3. The minimum atomic E-state index is 0.188. The van der Waals surface area contributed by atoms with Crippen LogP contribution in [-0.2, 0) is 0 Å². The van der Waals surface area contributed by atoms with Gasteiger partial charge >= 0.3 is 0 Å². The fourth-order valence-corrected chi connectivity index (χ4v) is 4.00. The zero-order chi connectivity index (χ0) is 15.0. The first-order chi connectivity index (χ1) is 10.1. The molecule has 0 bridgehead atoms. The maximum atomic E-state index is 12.8. The van der Waals surface area contributed by atoms with E-state index in [1.807, 2.05) is 18.0 Å². The van der Waals surface area contributed by atoms with Gasteiger partial charge in [0.1, 0.15) is 5.69 Å². The van der Waals surface area contributed by atoms with Gasteiger partial charge < -0.3 is 9.47 Å². The topological polar surface area (TPSA) is 25.2 Å². The molecule has 21 heavy (non-hydrogen) atoms. The van der Waals surface area contributed by atoms with Gasteiger partial charge in [-0.05, 0) is 66.4 Å². The van der Waals surface area contributed by atoms with Gasteiger partial charge in [0.2, 0.25) is 0 Å². The van der Waals surface area contributed by atoms with Crippen molar-refractivity contribution in [2.45, 2.75) is 64.0 Å². The lowest BCUT2D eigenvalue weighted by atomic mass is 9.84. The van der Waals surface area contributed by atoms with Crippen molar-refractivity contribution in [3.63, 3.8) is 0 Å². The van der Waals surface area contributed by atoms with E-state index in [9.17, 15) is 4.79 Å². The molecule has 0 atom stereocenters. The van der Waals surface area contributed by atoms with Crippen molar-refractivity contribution in [1.82, 2.24) is 9.47 Å². The van der Waals surface area contributed by atoms with Crippen LogP contribution in [0, 0.1) is 5.92 Å². The van der Waals surface area contributed by atoms with Crippen molar-refractivity contribution in [2.24, 2.45) is 5.92 Å². The fraction of sp³-hybridized carbons (Fsp3) is 0.706. The molecule has 0 aliphatic heterocycles. The summed E-state index contributed by atoms with van der Waals surface area (Å²) >= 11 is 3.52. The van der Waals surface area contributed by atoms with Crippen LogP contribution in [0.1, 0.15) is 68.4 Å². The van der Waals surface area contributed by atoms with Crippen LogP contribution < -0.4 is 0 Å². The SMILES string of the molecule is CCC1CCC(N(C)C(=O)c2cc(Br)cn2C2CC2)CC1. The molecule has 2 aliphatic rings. The lowest BCUT2D eigenvalue weighted by molar-refractivity contribution is 0.0663. The van der Waals surface area contributed by atoms with Crippen LogP contribution in [0.15, 0.2) is 16.7 Å². The van der Waals surface area contributed by atoms with Crippen molar-refractivity contribution < 1.29 is 4.79 Å². The molecule has 3 rings (SSSR count). The Morgan fingerprint density at radius 2 is 1.95 bits per heavy atom. The zero-order valence-corrected chi connectivity index (χ0v) is 14.6. The third kappa shape index (κ3) is 3.20. The minimum absolute atomic E-state index is 0.188. The van der Waals surface area contributed by atoms with Crippen LogP contribution in [0.25, 0.3) is 0 Å². The molecule has 2 aliphatic carbocycles. The van der Waals surface area contributed by atoms with E-state index in [0.717, 1.165) is 28.9 Å². The van der Waals surface area contributed by atoms with Gasteiger partial charge in [-0.2, -0.15) is 0 Å². The maximum absolute atomic E-state index is 12.8. The lowest BCUT2D eigenvalue weighted by Gasteiger charge is -2.34. The Kier molecular flexibility index (Phi) is 4.43. The van der Waals surface area contributed by atoms with Gasteiger partial charge in [-0.25, -0.2) is 0 Å². The van der Waals surface area contributed by atoms with Crippen molar-refractivity contribution >= 4 is 21.8 Å². The quantitative estimate of drug-likeness (QED) is 0.775. The smallest absolute Gasteiger partial charge is 0.270 e. The summed E-state index contributed by atoms with van der Waals surface area (Å²) in [6.45, 7) is 2.28. The molecular formula is C17H25BrN2O. The van der Waals surface area contributed by atoms with Crippen LogP contribution >= 0.6 is 15.9 Å². The number of amides is 1. The van der Waals surface area contributed by atoms with Crippen LogP contribution in [0.4, 0.5) is 0 Å². The van der Waals surface area contributed by atoms with E-state index in [2.05, 4.69) is 33.6 Å². The van der Waals surface area contributed by atoms with E-state index in [4.69, 9.17) is 0 Å². The molecule has 1 heterocycles. The third-order valence-corrected chi connectivity index (χ3v) is 5.67. The molecule has 3 nitrogen and oxygen atoms in total. The summed E-state index contributed by atoms with van der Waals surface area (Å²) in [5, 5.41) is 0. The summed E-state index contributed by atoms with van der Waals surface area (Å²) in [6.07, 6.45) is 10.6. The number of halogens is 1. The highest BCUT2D eigenvalue weighted by Gasteiger charge is 2.31. The van der Waals surface area contributed by atoms with Crippen molar-refractivity contribution in [3.8, 4) is 0 Å². The molecule has 116 valence electrons. The van der Waals surface area contributed by atoms with Crippen molar-refractivity contribution in [2.75, 3.05) is 7.05 Å². The Hall–Kier alpha value is -0.770. The van der Waals surface area contributed by atoms with Crippen molar-refractivity contribution in [3.05, 3.63) is 22.4 Å². The molecule has 2 saturated carbocycles. The molecule has 0 spiro atoms. The average molecular weight is 353 g/mol. The highest BCUT2D eigenvalue weighted by atomic mass is 79.9. The highest BCUT2D eigenvalue weighted by Crippen LogP contribution is 2.38. The van der Waals surface area contributed by atoms with E-state index >= 15 is 0 Å². The second-order valence-corrected chi connectivity index (χ2v) is 7.60. The van der Waals surface area contributed by atoms with Gasteiger partial charge in [0.05, 0.1) is 0 Å². The number of carbonyl (C=O) groups is 1. The Bertz CT molecular complexity index is 513. The van der Waals surface area contributed by atoms with E-state index in [1.165, 1.54) is 32.1 Å². The predicted molar refractivity (Wildman–Crippen MR) is 88.5 cm³/mol. The second kappa shape index (κ2) is 6.15.